The largest absolute Gasteiger partial charge is 0.486 e. The fourth-order valence-electron chi connectivity index (χ4n) is 4.76. The third-order valence-electron chi connectivity index (χ3n) is 6.76. The highest BCUT2D eigenvalue weighted by atomic mass is 19.1. The normalized spacial score (nSPS) is 17.2. The van der Waals surface area contributed by atoms with E-state index in [1.807, 2.05) is 0 Å². The van der Waals surface area contributed by atoms with Crippen molar-refractivity contribution in [2.75, 3.05) is 32.8 Å². The summed E-state index contributed by atoms with van der Waals surface area (Å²) < 4.78 is 24.4. The minimum Gasteiger partial charge on any atom is -0.486 e. The first-order valence-corrected chi connectivity index (χ1v) is 12.6. The molecule has 5 rings (SSSR count). The van der Waals surface area contributed by atoms with Crippen LogP contribution in [0.4, 0.5) is 4.39 Å². The fourth-order valence-corrected chi connectivity index (χ4v) is 4.76. The summed E-state index contributed by atoms with van der Waals surface area (Å²) in [6.45, 7) is 3.06. The molecule has 0 radical (unpaired) electrons. The molecular weight excluding hydrogens is 491 g/mol. The van der Waals surface area contributed by atoms with Crippen LogP contribution in [0.25, 0.3) is 11.3 Å². The Morgan fingerprint density at radius 1 is 1.05 bits per heavy atom. The molecule has 0 bridgehead atoms. The van der Waals surface area contributed by atoms with Crippen molar-refractivity contribution in [1.82, 2.24) is 15.2 Å². The molecule has 0 spiro atoms. The Kier molecular flexibility index (Phi) is 7.81. The Morgan fingerprint density at radius 3 is 2.47 bits per heavy atom. The Morgan fingerprint density at radius 2 is 1.79 bits per heavy atom. The fraction of sp³-hybridized carbons (Fsp3) is 0.321. The molecule has 198 valence electrons. The van der Waals surface area contributed by atoms with Crippen LogP contribution in [0, 0.1) is 5.82 Å². The Bertz CT molecular complexity index is 1290. The maximum absolute atomic E-state index is 13.3. The van der Waals surface area contributed by atoms with Crippen LogP contribution in [-0.2, 0) is 4.79 Å². The molecule has 10 heteroatoms. The van der Waals surface area contributed by atoms with Gasteiger partial charge in [-0.25, -0.2) is 4.39 Å². The van der Waals surface area contributed by atoms with Crippen molar-refractivity contribution >= 4 is 11.6 Å². The molecule has 2 unspecified atom stereocenters. The molecule has 1 amide bonds. The van der Waals surface area contributed by atoms with Crippen LogP contribution in [0.3, 0.4) is 0 Å². The van der Waals surface area contributed by atoms with Gasteiger partial charge in [-0.15, -0.1) is 0 Å². The van der Waals surface area contributed by atoms with Gasteiger partial charge in [0.1, 0.15) is 25.1 Å². The highest BCUT2D eigenvalue weighted by Gasteiger charge is 2.29. The first kappa shape index (κ1) is 25.6. The van der Waals surface area contributed by atoms with Gasteiger partial charge in [-0.1, -0.05) is 35.5 Å². The summed E-state index contributed by atoms with van der Waals surface area (Å²) in [5, 5.41) is 27.2. The summed E-state index contributed by atoms with van der Waals surface area (Å²) in [5.74, 6) is 0.105. The first-order chi connectivity index (χ1) is 18.5. The van der Waals surface area contributed by atoms with E-state index in [-0.39, 0.29) is 5.71 Å². The minimum atomic E-state index is -1.04. The Balaban J connectivity index is 1.34. The SMILES string of the molecule is O=C(NC(CN1CCCC1)C(O)c1ccc2c(c1)OCCO2)/C(=N/O)c1ccc(-c2ccc(F)cn2)cc1. The molecule has 9 nitrogen and oxygen atoms in total. The van der Waals surface area contributed by atoms with Gasteiger partial charge in [0.05, 0.1) is 17.9 Å². The van der Waals surface area contributed by atoms with Crippen molar-refractivity contribution in [2.24, 2.45) is 5.16 Å². The van der Waals surface area contributed by atoms with Crippen LogP contribution in [0.15, 0.2) is 65.9 Å². The van der Waals surface area contributed by atoms with Crippen LogP contribution < -0.4 is 14.8 Å². The van der Waals surface area contributed by atoms with Crippen molar-refractivity contribution in [3.05, 3.63) is 77.7 Å². The van der Waals surface area contributed by atoms with E-state index in [9.17, 15) is 19.5 Å². The molecular formula is C28H29FN4O5. The highest BCUT2D eigenvalue weighted by molar-refractivity contribution is 6.45. The van der Waals surface area contributed by atoms with Gasteiger partial charge in [-0.3, -0.25) is 9.78 Å². The number of benzene rings is 2. The van der Waals surface area contributed by atoms with Gasteiger partial charge >= 0.3 is 0 Å². The summed E-state index contributed by atoms with van der Waals surface area (Å²) in [6, 6.07) is 14.1. The maximum Gasteiger partial charge on any atom is 0.274 e. The number of carbonyl (C=O) groups excluding carboxylic acids is 1. The van der Waals surface area contributed by atoms with Crippen molar-refractivity contribution in [3.63, 3.8) is 0 Å². The van der Waals surface area contributed by atoms with Crippen LogP contribution >= 0.6 is 0 Å². The molecule has 38 heavy (non-hydrogen) atoms. The van der Waals surface area contributed by atoms with Crippen LogP contribution in [0.5, 0.6) is 11.5 Å². The molecule has 1 saturated heterocycles. The van der Waals surface area contributed by atoms with Gasteiger partial charge in [-0.2, -0.15) is 0 Å². The molecule has 3 heterocycles. The molecule has 0 aliphatic carbocycles. The van der Waals surface area contributed by atoms with Crippen molar-refractivity contribution < 1.29 is 29.0 Å². The minimum absolute atomic E-state index is 0.190. The second kappa shape index (κ2) is 11.6. The summed E-state index contributed by atoms with van der Waals surface area (Å²) in [5.41, 5.74) is 2.05. The molecule has 3 aromatic rings. The molecule has 2 aliphatic rings. The van der Waals surface area contributed by atoms with Gasteiger partial charge in [-0.05, 0) is 55.8 Å². The van der Waals surface area contributed by atoms with E-state index in [1.165, 1.54) is 6.07 Å². The van der Waals surface area contributed by atoms with Crippen molar-refractivity contribution in [1.29, 1.82) is 0 Å². The van der Waals surface area contributed by atoms with E-state index < -0.39 is 23.9 Å². The second-order valence-corrected chi connectivity index (χ2v) is 9.32. The number of halogens is 1. The van der Waals surface area contributed by atoms with Crippen LogP contribution in [0.2, 0.25) is 0 Å². The topological polar surface area (TPSA) is 117 Å². The van der Waals surface area contributed by atoms with E-state index in [1.54, 1.807) is 48.5 Å². The summed E-state index contributed by atoms with van der Waals surface area (Å²) >= 11 is 0. The average Bonchev–Trinajstić information content (AvgIpc) is 3.46. The van der Waals surface area contributed by atoms with E-state index in [2.05, 4.69) is 20.4 Å². The lowest BCUT2D eigenvalue weighted by atomic mass is 9.99. The summed E-state index contributed by atoms with van der Waals surface area (Å²) in [7, 11) is 0. The Hall–Kier alpha value is -4.02. The molecule has 1 fully saturated rings. The standard InChI is InChI=1S/C28H29FN4O5/c29-21-8-9-22(30-16-21)18-3-5-19(6-4-18)26(32-36)28(35)31-23(17-33-11-1-2-12-33)27(34)20-7-10-24-25(15-20)38-14-13-37-24/h3-10,15-16,23,27,34,36H,1-2,11-14,17H2,(H,31,35)/b32-26+. The van der Waals surface area contributed by atoms with Gasteiger partial charge in [0.25, 0.3) is 5.91 Å². The summed E-state index contributed by atoms with van der Waals surface area (Å²) in [4.78, 5) is 19.5. The number of aromatic nitrogens is 1. The number of rotatable bonds is 8. The maximum atomic E-state index is 13.3. The third kappa shape index (κ3) is 5.76. The smallest absolute Gasteiger partial charge is 0.274 e. The number of nitrogens with zero attached hydrogens (tertiary/aromatic N) is 3. The zero-order valence-corrected chi connectivity index (χ0v) is 20.7. The van der Waals surface area contributed by atoms with Gasteiger partial charge in [0.15, 0.2) is 17.2 Å². The van der Waals surface area contributed by atoms with Gasteiger partial charge < -0.3 is 30.0 Å². The number of pyridine rings is 1. The molecule has 2 aliphatic heterocycles. The zero-order valence-electron chi connectivity index (χ0n) is 20.7. The van der Waals surface area contributed by atoms with Gasteiger partial charge in [0.2, 0.25) is 0 Å². The predicted molar refractivity (Wildman–Crippen MR) is 138 cm³/mol. The number of hydrogen-bond acceptors (Lipinski definition) is 8. The lowest BCUT2D eigenvalue weighted by molar-refractivity contribution is -0.116. The molecule has 2 atom stereocenters. The third-order valence-corrected chi connectivity index (χ3v) is 6.76. The van der Waals surface area contributed by atoms with Crippen molar-refractivity contribution in [2.45, 2.75) is 25.0 Å². The van der Waals surface area contributed by atoms with Crippen molar-refractivity contribution in [3.8, 4) is 22.8 Å². The van der Waals surface area contributed by atoms with E-state index in [0.717, 1.165) is 32.1 Å². The second-order valence-electron chi connectivity index (χ2n) is 9.32. The summed E-state index contributed by atoms with van der Waals surface area (Å²) in [6.07, 6.45) is 2.20. The molecule has 3 N–H and O–H groups in total. The number of likely N-dealkylation sites (tertiary alicyclic amines) is 1. The number of ether oxygens (including phenoxy) is 2. The number of oxime groups is 1. The zero-order chi connectivity index (χ0) is 26.5. The van der Waals surface area contributed by atoms with Crippen LogP contribution in [0.1, 0.15) is 30.1 Å². The number of aliphatic hydroxyl groups is 1. The van der Waals surface area contributed by atoms with E-state index in [4.69, 9.17) is 9.47 Å². The number of nitrogens with one attached hydrogen (secondary N) is 1. The number of amides is 1. The van der Waals surface area contributed by atoms with Crippen LogP contribution in [-0.4, -0.2) is 70.7 Å². The lowest BCUT2D eigenvalue weighted by Gasteiger charge is -2.29. The van der Waals surface area contributed by atoms with Gasteiger partial charge in [0, 0.05) is 17.7 Å². The lowest BCUT2D eigenvalue weighted by Crippen LogP contribution is -2.48. The molecule has 2 aromatic carbocycles. The van der Waals surface area contributed by atoms with E-state index in [0.29, 0.717) is 53.6 Å². The number of hydrogen-bond donors (Lipinski definition) is 3. The average molecular weight is 521 g/mol. The molecule has 1 aromatic heterocycles. The predicted octanol–water partition coefficient (Wildman–Crippen LogP) is 3.15. The molecule has 0 saturated carbocycles. The number of aliphatic hydroxyl groups excluding tert-OH is 1. The monoisotopic (exact) mass is 520 g/mol. The number of carbonyl (C=O) groups is 1. The first-order valence-electron chi connectivity index (χ1n) is 12.6. The van der Waals surface area contributed by atoms with E-state index >= 15 is 0 Å². The highest BCUT2D eigenvalue weighted by Crippen LogP contribution is 2.33. The quantitative estimate of drug-likeness (QED) is 0.237. The Labute approximate surface area is 219 Å². The number of fused-ring (bicyclic) bond motifs is 1.